The molecule has 2 aliphatic rings. The van der Waals surface area contributed by atoms with E-state index in [-0.39, 0.29) is 0 Å². The van der Waals surface area contributed by atoms with Gasteiger partial charge in [-0.3, -0.25) is 0 Å². The predicted molar refractivity (Wildman–Crippen MR) is 181 cm³/mol. The summed E-state index contributed by atoms with van der Waals surface area (Å²) in [4.78, 5) is 17.7. The molecule has 3 N–H and O–H groups in total. The Hall–Kier alpha value is -4.68. The molecule has 0 spiro atoms. The summed E-state index contributed by atoms with van der Waals surface area (Å²) >= 11 is 3.86. The van der Waals surface area contributed by atoms with Gasteiger partial charge in [-0.05, 0) is 82.0 Å². The van der Waals surface area contributed by atoms with E-state index in [1.165, 1.54) is 0 Å². The van der Waals surface area contributed by atoms with Gasteiger partial charge < -0.3 is 15.3 Å². The van der Waals surface area contributed by atoms with E-state index >= 15 is 0 Å². The molecule has 42 heavy (non-hydrogen) atoms. The number of H-pyrrole nitrogens is 2. The molecule has 0 saturated heterocycles. The summed E-state index contributed by atoms with van der Waals surface area (Å²) in [5, 5.41) is 3.70. The van der Waals surface area contributed by atoms with E-state index in [1.54, 1.807) is 0 Å². The largest absolute Gasteiger partial charge is 0.382 e. The highest BCUT2D eigenvalue weighted by molar-refractivity contribution is 9.10. The first-order valence-corrected chi connectivity index (χ1v) is 15.2. The Kier molecular flexibility index (Phi) is 7.06. The molecule has 5 nitrogen and oxygen atoms in total. The Morgan fingerprint density at radius 1 is 0.595 bits per heavy atom. The molecule has 3 aromatic heterocycles. The monoisotopic (exact) mass is 611 g/mol. The van der Waals surface area contributed by atoms with E-state index in [4.69, 9.17) is 9.97 Å². The van der Waals surface area contributed by atoms with Gasteiger partial charge in [0.25, 0.3) is 0 Å². The number of rotatable bonds is 6. The zero-order valence-electron chi connectivity index (χ0n) is 23.3. The Morgan fingerprint density at radius 3 is 1.71 bits per heavy atom. The van der Waals surface area contributed by atoms with Crippen LogP contribution in [0.15, 0.2) is 89.4 Å². The second-order valence-corrected chi connectivity index (χ2v) is 11.2. The molecule has 0 radical (unpaired) electrons. The maximum atomic E-state index is 5.22. The quantitative estimate of drug-likeness (QED) is 0.164. The van der Waals surface area contributed by atoms with Crippen molar-refractivity contribution >= 4 is 68.0 Å². The SMILES string of the molecule is CCCCNc1c2nc(c(-c3ccccc3)c3ccc([nH]3)c(Br)c3nc(c(-c4ccccc4)c4ccc1[nH]4)C=C3)C=C2. The van der Waals surface area contributed by atoms with Crippen molar-refractivity contribution in [3.63, 3.8) is 0 Å². The third-order valence-corrected chi connectivity index (χ3v) is 8.48. The van der Waals surface area contributed by atoms with Crippen molar-refractivity contribution in [3.8, 4) is 22.3 Å². The summed E-state index contributed by atoms with van der Waals surface area (Å²) < 4.78 is 0.908. The number of unbranched alkanes of at least 4 members (excludes halogenated alkanes) is 1. The predicted octanol–water partition coefficient (Wildman–Crippen LogP) is 9.96. The van der Waals surface area contributed by atoms with Gasteiger partial charge in [0, 0.05) is 28.7 Å². The first-order chi connectivity index (χ1) is 20.7. The van der Waals surface area contributed by atoms with Crippen molar-refractivity contribution < 1.29 is 0 Å². The van der Waals surface area contributed by atoms with Crippen LogP contribution in [0.25, 0.3) is 68.6 Å². The molecule has 206 valence electrons. The van der Waals surface area contributed by atoms with Gasteiger partial charge in [0.05, 0.1) is 44.0 Å². The van der Waals surface area contributed by atoms with Gasteiger partial charge in [-0.25, -0.2) is 9.97 Å². The lowest BCUT2D eigenvalue weighted by Gasteiger charge is -2.07. The highest BCUT2D eigenvalue weighted by Gasteiger charge is 2.16. The Balaban J connectivity index is 1.61. The fraction of sp³-hybridized carbons (Fsp3) is 0.111. The van der Waals surface area contributed by atoms with Crippen LogP contribution in [-0.4, -0.2) is 26.5 Å². The fourth-order valence-corrected chi connectivity index (χ4v) is 6.02. The lowest BCUT2D eigenvalue weighted by atomic mass is 10.0. The number of hydrogen-bond acceptors (Lipinski definition) is 3. The van der Waals surface area contributed by atoms with Crippen LogP contribution in [0.5, 0.6) is 0 Å². The van der Waals surface area contributed by atoms with Crippen molar-refractivity contribution in [1.29, 1.82) is 0 Å². The third-order valence-electron chi connectivity index (χ3n) is 7.65. The van der Waals surface area contributed by atoms with Gasteiger partial charge in [0.1, 0.15) is 0 Å². The van der Waals surface area contributed by atoms with E-state index < -0.39 is 0 Å². The second-order valence-electron chi connectivity index (χ2n) is 10.5. The van der Waals surface area contributed by atoms with Crippen molar-refractivity contribution in [2.75, 3.05) is 11.9 Å². The summed E-state index contributed by atoms with van der Waals surface area (Å²) in [5.41, 5.74) is 12.9. The van der Waals surface area contributed by atoms with E-state index in [0.29, 0.717) is 0 Å². The summed E-state index contributed by atoms with van der Waals surface area (Å²) in [6, 6.07) is 29.4. The van der Waals surface area contributed by atoms with E-state index in [0.717, 1.165) is 96.6 Å². The van der Waals surface area contributed by atoms with Gasteiger partial charge >= 0.3 is 0 Å². The van der Waals surface area contributed by atoms with E-state index in [1.807, 2.05) is 12.1 Å². The van der Waals surface area contributed by atoms with Crippen LogP contribution in [0.3, 0.4) is 0 Å². The average Bonchev–Trinajstić information content (AvgIpc) is 3.85. The molecule has 0 unspecified atom stereocenters. The molecule has 2 aromatic carbocycles. The molecule has 7 rings (SSSR count). The lowest BCUT2D eigenvalue weighted by Crippen LogP contribution is -2.03. The highest BCUT2D eigenvalue weighted by atomic mass is 79.9. The highest BCUT2D eigenvalue weighted by Crippen LogP contribution is 2.36. The van der Waals surface area contributed by atoms with Crippen LogP contribution in [0, 0.1) is 0 Å². The van der Waals surface area contributed by atoms with Crippen LogP contribution >= 0.6 is 15.9 Å². The number of fused-ring (bicyclic) bond motifs is 8. The van der Waals surface area contributed by atoms with Gasteiger partial charge in [-0.2, -0.15) is 0 Å². The first kappa shape index (κ1) is 26.2. The molecular weight excluding hydrogens is 582 g/mol. The van der Waals surface area contributed by atoms with E-state index in [2.05, 4.69) is 135 Å². The molecule has 5 heterocycles. The van der Waals surface area contributed by atoms with Crippen LogP contribution in [-0.2, 0) is 0 Å². The molecule has 2 aliphatic heterocycles. The normalized spacial score (nSPS) is 12.1. The number of nitrogens with zero attached hydrogens (tertiary/aromatic N) is 2. The Morgan fingerprint density at radius 2 is 1.10 bits per heavy atom. The Bertz CT molecular complexity index is 1960. The number of anilines is 1. The molecule has 0 aliphatic carbocycles. The number of halogens is 1. The molecule has 8 bridgehead atoms. The topological polar surface area (TPSA) is 69.4 Å². The van der Waals surface area contributed by atoms with Gasteiger partial charge in [-0.15, -0.1) is 0 Å². The lowest BCUT2D eigenvalue weighted by molar-refractivity contribution is 0.834. The number of nitrogens with one attached hydrogen (secondary N) is 3. The summed E-state index contributed by atoms with van der Waals surface area (Å²) in [6.07, 6.45) is 10.6. The molecule has 0 amide bonds. The van der Waals surface area contributed by atoms with Crippen LogP contribution in [0.4, 0.5) is 5.69 Å². The molecule has 6 heteroatoms. The van der Waals surface area contributed by atoms with Gasteiger partial charge in [-0.1, -0.05) is 74.0 Å². The molecule has 5 aromatic rings. The van der Waals surface area contributed by atoms with Crippen molar-refractivity contribution in [1.82, 2.24) is 19.9 Å². The maximum absolute atomic E-state index is 5.22. The zero-order chi connectivity index (χ0) is 28.5. The minimum absolute atomic E-state index is 0.866. The van der Waals surface area contributed by atoms with Crippen molar-refractivity contribution in [2.45, 2.75) is 19.8 Å². The number of hydrogen-bond donors (Lipinski definition) is 3. The second kappa shape index (κ2) is 11.3. The first-order valence-electron chi connectivity index (χ1n) is 14.4. The number of benzene rings is 2. The smallest absolute Gasteiger partial charge is 0.0890 e. The standard InChI is InChI=1S/C36H30BrN5/c1-2-3-22-38-36-31-20-16-27(41-31)33(23-10-6-4-7-11-23)25-14-18-29(39-25)35(37)30-19-15-26(40-30)34(24-12-8-5-9-13-24)28-17-21-32(36)42-28/h4-21,38-39,42H,2-3,22H2,1H3. The van der Waals surface area contributed by atoms with Gasteiger partial charge in [0.15, 0.2) is 0 Å². The minimum Gasteiger partial charge on any atom is -0.382 e. The average molecular weight is 613 g/mol. The summed E-state index contributed by atoms with van der Waals surface area (Å²) in [7, 11) is 0. The van der Waals surface area contributed by atoms with Crippen molar-refractivity contribution in [3.05, 3.63) is 112 Å². The van der Waals surface area contributed by atoms with Crippen LogP contribution < -0.4 is 5.32 Å². The van der Waals surface area contributed by atoms with Crippen LogP contribution in [0.2, 0.25) is 0 Å². The van der Waals surface area contributed by atoms with E-state index in [9.17, 15) is 0 Å². The molecule has 0 fully saturated rings. The summed E-state index contributed by atoms with van der Waals surface area (Å²) in [5.74, 6) is 0. The molecular formula is C36H30BrN5. The van der Waals surface area contributed by atoms with Crippen molar-refractivity contribution in [2.24, 2.45) is 0 Å². The summed E-state index contributed by atoms with van der Waals surface area (Å²) in [6.45, 7) is 3.07. The third kappa shape index (κ3) is 4.88. The minimum atomic E-state index is 0.866. The maximum Gasteiger partial charge on any atom is 0.0890 e. The zero-order valence-corrected chi connectivity index (χ0v) is 24.9. The number of aromatic amines is 2. The van der Waals surface area contributed by atoms with Gasteiger partial charge in [0.2, 0.25) is 0 Å². The molecule has 0 saturated carbocycles. The fourth-order valence-electron chi connectivity index (χ4n) is 5.56. The van der Waals surface area contributed by atoms with Crippen LogP contribution in [0.1, 0.15) is 42.5 Å². The number of aromatic nitrogens is 4. The molecule has 0 atom stereocenters. The Labute approximate surface area is 253 Å².